The molecule has 0 atom stereocenters. The van der Waals surface area contributed by atoms with Crippen molar-refractivity contribution in [1.29, 1.82) is 0 Å². The van der Waals surface area contributed by atoms with Crippen LogP contribution in [0.2, 0.25) is 5.02 Å². The minimum atomic E-state index is 0.482. The molecule has 0 unspecified atom stereocenters. The molecule has 1 heterocycles. The van der Waals surface area contributed by atoms with Crippen molar-refractivity contribution in [3.8, 4) is 0 Å². The Bertz CT molecular complexity index is 567. The standard InChI is InChI=1S/C17H22ClN3/c1-13(2)19-10-15-7-8-17(20-11-15)21(3)12-14-5-4-6-16(18)9-14/h4-9,11,13,19H,10,12H2,1-3H3. The number of anilines is 1. The van der Waals surface area contributed by atoms with Crippen molar-refractivity contribution in [2.75, 3.05) is 11.9 Å². The number of pyridine rings is 1. The normalized spacial score (nSPS) is 10.9. The fraction of sp³-hybridized carbons (Fsp3) is 0.353. The van der Waals surface area contributed by atoms with Crippen LogP contribution in [0.4, 0.5) is 5.82 Å². The van der Waals surface area contributed by atoms with Crippen molar-refractivity contribution in [2.24, 2.45) is 0 Å². The van der Waals surface area contributed by atoms with E-state index in [4.69, 9.17) is 11.6 Å². The largest absolute Gasteiger partial charge is 0.355 e. The molecule has 1 aromatic carbocycles. The molecule has 21 heavy (non-hydrogen) atoms. The molecule has 2 rings (SSSR count). The third-order valence-electron chi connectivity index (χ3n) is 3.22. The first-order valence-corrected chi connectivity index (χ1v) is 7.56. The van der Waals surface area contributed by atoms with Crippen molar-refractivity contribution in [3.05, 3.63) is 58.7 Å². The van der Waals surface area contributed by atoms with E-state index in [9.17, 15) is 0 Å². The van der Waals surface area contributed by atoms with E-state index in [0.29, 0.717) is 6.04 Å². The molecule has 112 valence electrons. The predicted molar refractivity (Wildman–Crippen MR) is 89.8 cm³/mol. The number of halogens is 1. The lowest BCUT2D eigenvalue weighted by atomic mass is 10.2. The zero-order valence-corrected chi connectivity index (χ0v) is 13.6. The van der Waals surface area contributed by atoms with Gasteiger partial charge in [0, 0.05) is 37.4 Å². The first-order chi connectivity index (χ1) is 10.0. The maximum absolute atomic E-state index is 6.01. The first kappa shape index (κ1) is 15.8. The van der Waals surface area contributed by atoms with E-state index in [1.54, 1.807) is 0 Å². The van der Waals surface area contributed by atoms with Crippen LogP contribution in [-0.4, -0.2) is 18.1 Å². The smallest absolute Gasteiger partial charge is 0.128 e. The number of nitrogens with zero attached hydrogens (tertiary/aromatic N) is 2. The average molecular weight is 304 g/mol. The molecule has 0 aliphatic heterocycles. The highest BCUT2D eigenvalue weighted by Crippen LogP contribution is 2.16. The fourth-order valence-corrected chi connectivity index (χ4v) is 2.27. The number of benzene rings is 1. The second-order valence-electron chi connectivity index (χ2n) is 5.55. The molecule has 0 saturated carbocycles. The Morgan fingerprint density at radius 3 is 2.62 bits per heavy atom. The second kappa shape index (κ2) is 7.43. The van der Waals surface area contributed by atoms with E-state index in [1.165, 1.54) is 11.1 Å². The first-order valence-electron chi connectivity index (χ1n) is 7.18. The third-order valence-corrected chi connectivity index (χ3v) is 3.46. The minimum absolute atomic E-state index is 0.482. The molecular weight excluding hydrogens is 282 g/mol. The van der Waals surface area contributed by atoms with E-state index >= 15 is 0 Å². The summed E-state index contributed by atoms with van der Waals surface area (Å²) in [6, 6.07) is 12.6. The number of nitrogens with one attached hydrogen (secondary N) is 1. The van der Waals surface area contributed by atoms with Gasteiger partial charge in [-0.3, -0.25) is 0 Å². The van der Waals surface area contributed by atoms with Crippen LogP contribution in [0, 0.1) is 0 Å². The van der Waals surface area contributed by atoms with Gasteiger partial charge in [-0.15, -0.1) is 0 Å². The molecule has 0 saturated heterocycles. The topological polar surface area (TPSA) is 28.2 Å². The predicted octanol–water partition coefficient (Wildman–Crippen LogP) is 3.87. The summed E-state index contributed by atoms with van der Waals surface area (Å²) in [6.07, 6.45) is 1.93. The lowest BCUT2D eigenvalue weighted by Crippen LogP contribution is -2.22. The zero-order chi connectivity index (χ0) is 15.2. The molecular formula is C17H22ClN3. The Balaban J connectivity index is 1.97. The highest BCUT2D eigenvalue weighted by atomic mass is 35.5. The van der Waals surface area contributed by atoms with Crippen LogP contribution in [0.3, 0.4) is 0 Å². The van der Waals surface area contributed by atoms with Gasteiger partial charge < -0.3 is 10.2 Å². The molecule has 0 amide bonds. The number of aromatic nitrogens is 1. The molecule has 0 aliphatic carbocycles. The van der Waals surface area contributed by atoms with Gasteiger partial charge in [-0.25, -0.2) is 4.98 Å². The van der Waals surface area contributed by atoms with Gasteiger partial charge in [0.25, 0.3) is 0 Å². The molecule has 1 aromatic heterocycles. The van der Waals surface area contributed by atoms with Crippen LogP contribution < -0.4 is 10.2 Å². The number of hydrogen-bond donors (Lipinski definition) is 1. The van der Waals surface area contributed by atoms with Crippen molar-refractivity contribution < 1.29 is 0 Å². The van der Waals surface area contributed by atoms with Crippen molar-refractivity contribution in [2.45, 2.75) is 33.0 Å². The summed E-state index contributed by atoms with van der Waals surface area (Å²) >= 11 is 6.01. The monoisotopic (exact) mass is 303 g/mol. The minimum Gasteiger partial charge on any atom is -0.355 e. The van der Waals surface area contributed by atoms with Crippen molar-refractivity contribution >= 4 is 17.4 Å². The van der Waals surface area contributed by atoms with Gasteiger partial charge in [0.2, 0.25) is 0 Å². The molecule has 3 nitrogen and oxygen atoms in total. The van der Waals surface area contributed by atoms with E-state index < -0.39 is 0 Å². The van der Waals surface area contributed by atoms with Crippen LogP contribution in [-0.2, 0) is 13.1 Å². The third kappa shape index (κ3) is 5.03. The quantitative estimate of drug-likeness (QED) is 0.878. The maximum Gasteiger partial charge on any atom is 0.128 e. The highest BCUT2D eigenvalue weighted by molar-refractivity contribution is 6.30. The van der Waals surface area contributed by atoms with Crippen LogP contribution in [0.25, 0.3) is 0 Å². The summed E-state index contributed by atoms with van der Waals surface area (Å²) in [5.41, 5.74) is 2.38. The molecule has 0 radical (unpaired) electrons. The van der Waals surface area contributed by atoms with E-state index in [1.807, 2.05) is 31.4 Å². The molecule has 0 fully saturated rings. The SMILES string of the molecule is CC(C)NCc1ccc(N(C)Cc2cccc(Cl)c2)nc1. The Morgan fingerprint density at radius 2 is 2.00 bits per heavy atom. The number of rotatable bonds is 6. The molecule has 0 aliphatic rings. The Hall–Kier alpha value is -1.58. The summed E-state index contributed by atoms with van der Waals surface area (Å²) in [4.78, 5) is 6.64. The lowest BCUT2D eigenvalue weighted by Gasteiger charge is -2.18. The summed E-state index contributed by atoms with van der Waals surface area (Å²) in [6.45, 7) is 5.92. The second-order valence-corrected chi connectivity index (χ2v) is 5.98. The van der Waals surface area contributed by atoms with E-state index in [2.05, 4.69) is 47.2 Å². The van der Waals surface area contributed by atoms with E-state index in [-0.39, 0.29) is 0 Å². The summed E-state index contributed by atoms with van der Waals surface area (Å²) in [7, 11) is 2.04. The number of hydrogen-bond acceptors (Lipinski definition) is 3. The Morgan fingerprint density at radius 1 is 1.19 bits per heavy atom. The van der Waals surface area contributed by atoms with Crippen LogP contribution in [0.15, 0.2) is 42.6 Å². The van der Waals surface area contributed by atoms with Gasteiger partial charge >= 0.3 is 0 Å². The van der Waals surface area contributed by atoms with Gasteiger partial charge in [-0.2, -0.15) is 0 Å². The van der Waals surface area contributed by atoms with Crippen LogP contribution >= 0.6 is 11.6 Å². The van der Waals surface area contributed by atoms with Crippen LogP contribution in [0.5, 0.6) is 0 Å². The molecule has 0 bridgehead atoms. The fourth-order valence-electron chi connectivity index (χ4n) is 2.06. The van der Waals surface area contributed by atoms with Gasteiger partial charge in [0.05, 0.1) is 0 Å². The Labute approximate surface area is 132 Å². The van der Waals surface area contributed by atoms with Crippen molar-refractivity contribution in [3.63, 3.8) is 0 Å². The summed E-state index contributed by atoms with van der Waals surface area (Å²) in [5.74, 6) is 0.961. The van der Waals surface area contributed by atoms with E-state index in [0.717, 1.165) is 23.9 Å². The van der Waals surface area contributed by atoms with Gasteiger partial charge in [-0.1, -0.05) is 43.6 Å². The molecule has 4 heteroatoms. The zero-order valence-electron chi connectivity index (χ0n) is 12.8. The molecule has 2 aromatic rings. The van der Waals surface area contributed by atoms with Crippen LogP contribution in [0.1, 0.15) is 25.0 Å². The van der Waals surface area contributed by atoms with Gasteiger partial charge in [-0.05, 0) is 29.3 Å². The van der Waals surface area contributed by atoms with Crippen molar-refractivity contribution in [1.82, 2.24) is 10.3 Å². The maximum atomic E-state index is 6.01. The lowest BCUT2D eigenvalue weighted by molar-refractivity contribution is 0.588. The molecule has 0 spiro atoms. The Kier molecular flexibility index (Phi) is 5.59. The summed E-state index contributed by atoms with van der Waals surface area (Å²) < 4.78 is 0. The average Bonchev–Trinajstić information content (AvgIpc) is 2.45. The highest BCUT2D eigenvalue weighted by Gasteiger charge is 2.04. The summed E-state index contributed by atoms with van der Waals surface area (Å²) in [5, 5.41) is 4.16. The van der Waals surface area contributed by atoms with Gasteiger partial charge in [0.1, 0.15) is 5.82 Å². The molecule has 1 N–H and O–H groups in total. The van der Waals surface area contributed by atoms with Gasteiger partial charge in [0.15, 0.2) is 0 Å².